The van der Waals surface area contributed by atoms with Crippen molar-refractivity contribution in [1.82, 2.24) is 4.98 Å². The summed E-state index contributed by atoms with van der Waals surface area (Å²) in [7, 11) is 0. The molecular weight excluding hydrogens is 434 g/mol. The van der Waals surface area contributed by atoms with Gasteiger partial charge in [0.05, 0.1) is 17.1 Å². The van der Waals surface area contributed by atoms with Gasteiger partial charge in [-0.3, -0.25) is 9.98 Å². The fraction of sp³-hybridized carbons (Fsp3) is 0.179. The van der Waals surface area contributed by atoms with Crippen molar-refractivity contribution in [2.45, 2.75) is 34.6 Å². The van der Waals surface area contributed by atoms with Crippen LogP contribution in [0.3, 0.4) is 0 Å². The van der Waals surface area contributed by atoms with Crippen molar-refractivity contribution in [3.05, 3.63) is 113 Å². The molecule has 0 aliphatic rings. The molecule has 0 bridgehead atoms. The number of aryl methyl sites for hydroxylation is 3. The first-order valence-corrected chi connectivity index (χ1v) is 10.5. The fourth-order valence-corrected chi connectivity index (χ4v) is 3.42. The van der Waals surface area contributed by atoms with Crippen LogP contribution in [0.4, 0.5) is 11.4 Å². The molecule has 0 fully saturated rings. The average molecular weight is 463 g/mol. The van der Waals surface area contributed by atoms with Gasteiger partial charge < -0.3 is 35.3 Å². The van der Waals surface area contributed by atoms with Gasteiger partial charge >= 0.3 is 0 Å². The Morgan fingerprint density at radius 2 is 1.28 bits per heavy atom. The molecule has 0 atom stereocenters. The number of benzene rings is 1. The molecule has 170 valence electrons. The molecule has 0 saturated carbocycles. The average Bonchev–Trinajstić information content (AvgIpc) is 3.47. The Kier molecular flexibility index (Phi) is 9.52. The number of aromatic nitrogens is 1. The summed E-state index contributed by atoms with van der Waals surface area (Å²) in [6.45, 7) is 10.3. The fourth-order valence-electron chi connectivity index (χ4n) is 3.42. The summed E-state index contributed by atoms with van der Waals surface area (Å²) in [5.41, 5.74) is 9.16. The minimum absolute atomic E-state index is 0. The van der Waals surface area contributed by atoms with Crippen molar-refractivity contribution in [1.29, 1.82) is 0 Å². The summed E-state index contributed by atoms with van der Waals surface area (Å²) >= 11 is 0. The van der Waals surface area contributed by atoms with E-state index in [9.17, 15) is 0 Å². The minimum atomic E-state index is 0. The first-order valence-electron chi connectivity index (χ1n) is 10.5. The van der Waals surface area contributed by atoms with E-state index in [0.29, 0.717) is 0 Å². The topological polar surface area (TPSA) is 37.6 Å². The Balaban J connectivity index is 0.000000534. The van der Waals surface area contributed by atoms with Gasteiger partial charge in [-0.15, -0.1) is 12.1 Å². The molecule has 0 radical (unpaired) electrons. The molecule has 4 aromatic rings. The van der Waals surface area contributed by atoms with Crippen molar-refractivity contribution < 1.29 is 17.1 Å². The number of nitrogens with zero attached hydrogens (tertiary/aromatic N) is 3. The first-order chi connectivity index (χ1) is 14.9. The quantitative estimate of drug-likeness (QED) is 0.176. The second kappa shape index (κ2) is 12.1. The molecule has 1 heterocycles. The second-order valence-electron chi connectivity index (χ2n) is 7.66. The maximum absolute atomic E-state index is 4.86. The summed E-state index contributed by atoms with van der Waals surface area (Å²) in [6, 6.07) is 28.3. The summed E-state index contributed by atoms with van der Waals surface area (Å²) in [5, 5.41) is 0. The van der Waals surface area contributed by atoms with E-state index in [-0.39, 0.29) is 17.1 Å². The van der Waals surface area contributed by atoms with E-state index in [4.69, 9.17) is 9.98 Å². The van der Waals surface area contributed by atoms with E-state index in [1.54, 1.807) is 0 Å². The van der Waals surface area contributed by atoms with E-state index >= 15 is 0 Å². The molecule has 0 aliphatic carbocycles. The molecule has 32 heavy (non-hydrogen) atoms. The van der Waals surface area contributed by atoms with Gasteiger partial charge in [0.2, 0.25) is 0 Å². The Bertz CT molecular complexity index is 1130. The van der Waals surface area contributed by atoms with Gasteiger partial charge in [0.15, 0.2) is 0 Å². The van der Waals surface area contributed by atoms with E-state index in [1.165, 1.54) is 16.7 Å². The first kappa shape index (κ1) is 25.2. The third kappa shape index (κ3) is 6.98. The largest absolute Gasteiger partial charge is 0.748 e. The van der Waals surface area contributed by atoms with Crippen LogP contribution in [0.25, 0.3) is 0 Å². The standard InChI is InChI=1S/C23H24N3.C5H5.Fe/c1-15-13-16(2)23(17(3)14-15)25-19(5)22-12-8-11-21(26-22)18(4)24-20-9-6-7-10-20;1-2-4-5-3-1;/h6-14H,1-5H3;1-5H;/q-1;-5;. The molecule has 4 heteroatoms. The molecular formula is C28H29FeN3-6. The molecule has 0 N–H and O–H groups in total. The summed E-state index contributed by atoms with van der Waals surface area (Å²) in [6.07, 6.45) is 0. The van der Waals surface area contributed by atoms with Gasteiger partial charge in [-0.05, 0) is 62.4 Å². The van der Waals surface area contributed by atoms with Crippen LogP contribution in [0.5, 0.6) is 0 Å². The zero-order valence-electron chi connectivity index (χ0n) is 19.3. The van der Waals surface area contributed by atoms with Gasteiger partial charge in [0.1, 0.15) is 0 Å². The third-order valence-corrected chi connectivity index (χ3v) is 4.90. The van der Waals surface area contributed by atoms with Gasteiger partial charge in [-0.25, -0.2) is 0 Å². The predicted molar refractivity (Wildman–Crippen MR) is 133 cm³/mol. The smallest absolute Gasteiger partial charge is 0.0839 e. The van der Waals surface area contributed by atoms with Crippen LogP contribution in [0, 0.1) is 20.8 Å². The zero-order chi connectivity index (χ0) is 22.2. The van der Waals surface area contributed by atoms with E-state index < -0.39 is 0 Å². The van der Waals surface area contributed by atoms with Crippen molar-refractivity contribution in [2.24, 2.45) is 9.98 Å². The summed E-state index contributed by atoms with van der Waals surface area (Å²) in [5.74, 6) is 0. The molecule has 3 aromatic carbocycles. The Labute approximate surface area is 202 Å². The van der Waals surface area contributed by atoms with Crippen molar-refractivity contribution in [2.75, 3.05) is 0 Å². The molecule has 1 aromatic heterocycles. The van der Waals surface area contributed by atoms with Crippen LogP contribution in [-0.2, 0) is 17.1 Å². The predicted octanol–water partition coefficient (Wildman–Crippen LogP) is 7.41. The number of hydrogen-bond acceptors (Lipinski definition) is 3. The number of hydrogen-bond donors (Lipinski definition) is 0. The van der Waals surface area contributed by atoms with Gasteiger partial charge in [0.25, 0.3) is 0 Å². The van der Waals surface area contributed by atoms with Crippen molar-refractivity contribution in [3.8, 4) is 0 Å². The van der Waals surface area contributed by atoms with Crippen LogP contribution in [-0.4, -0.2) is 16.4 Å². The molecule has 3 nitrogen and oxygen atoms in total. The van der Waals surface area contributed by atoms with Crippen LogP contribution in [0.15, 0.2) is 94.9 Å². The van der Waals surface area contributed by atoms with Crippen molar-refractivity contribution in [3.63, 3.8) is 0 Å². The van der Waals surface area contributed by atoms with E-state index in [0.717, 1.165) is 34.2 Å². The molecule has 0 spiro atoms. The third-order valence-electron chi connectivity index (χ3n) is 4.90. The second-order valence-corrected chi connectivity index (χ2v) is 7.66. The number of pyridine rings is 1. The van der Waals surface area contributed by atoms with Gasteiger partial charge in [-0.2, -0.15) is 12.1 Å². The SMILES string of the molecule is CC(=Nc1c(C)cc(C)cc1C)c1cccc(C(C)=N[c-]2cccc2)n1.[Fe].[cH-]1[cH-][cH-][cH-][cH-]1. The van der Waals surface area contributed by atoms with E-state index in [1.807, 2.05) is 86.6 Å². The van der Waals surface area contributed by atoms with Crippen LogP contribution in [0.2, 0.25) is 0 Å². The van der Waals surface area contributed by atoms with Crippen LogP contribution >= 0.6 is 0 Å². The molecule has 0 unspecified atom stereocenters. The maximum atomic E-state index is 4.86. The van der Waals surface area contributed by atoms with Gasteiger partial charge in [-0.1, -0.05) is 30.7 Å². The monoisotopic (exact) mass is 463 g/mol. The number of rotatable bonds is 4. The Morgan fingerprint density at radius 3 is 1.81 bits per heavy atom. The molecule has 0 aliphatic heterocycles. The zero-order valence-corrected chi connectivity index (χ0v) is 20.4. The van der Waals surface area contributed by atoms with Crippen LogP contribution in [0.1, 0.15) is 41.9 Å². The molecule has 0 amide bonds. The Morgan fingerprint density at radius 1 is 0.781 bits per heavy atom. The Hall–Kier alpha value is -3.07. The number of aliphatic imine (C=N–C) groups is 2. The van der Waals surface area contributed by atoms with E-state index in [2.05, 4.69) is 37.9 Å². The molecule has 0 saturated heterocycles. The van der Waals surface area contributed by atoms with Gasteiger partial charge in [0, 0.05) is 22.8 Å². The summed E-state index contributed by atoms with van der Waals surface area (Å²) in [4.78, 5) is 14.3. The van der Waals surface area contributed by atoms with Crippen molar-refractivity contribution >= 4 is 22.8 Å². The van der Waals surface area contributed by atoms with Crippen LogP contribution < -0.4 is 0 Å². The molecule has 4 rings (SSSR count). The maximum Gasteiger partial charge on any atom is 0.0839 e. The minimum Gasteiger partial charge on any atom is -0.748 e. The normalized spacial score (nSPS) is 11.4. The summed E-state index contributed by atoms with van der Waals surface area (Å²) < 4.78 is 0.